The number of non-ortho nitro benzene ring substituents is 1. The van der Waals surface area contributed by atoms with Crippen LogP contribution in [0.25, 0.3) is 0 Å². The minimum absolute atomic E-state index is 0.240. The third-order valence-electron chi connectivity index (χ3n) is 2.41. The van der Waals surface area contributed by atoms with Crippen LogP contribution in [0.1, 0.15) is 10.4 Å². The summed E-state index contributed by atoms with van der Waals surface area (Å²) in [5.41, 5.74) is 0.297. The minimum Gasteiger partial charge on any atom is -0.308 e. The average Bonchev–Trinajstić information content (AvgIpc) is 2.74. The maximum absolute atomic E-state index is 13.2. The van der Waals surface area contributed by atoms with E-state index in [1.165, 1.54) is 23.5 Å². The molecule has 1 aromatic heterocycles. The van der Waals surface area contributed by atoms with Crippen LogP contribution >= 0.6 is 22.9 Å². The maximum Gasteiger partial charge on any atom is 0.272 e. The topological polar surface area (TPSA) is 55.2 Å². The Morgan fingerprint density at radius 1 is 1.32 bits per heavy atom. The van der Waals surface area contributed by atoms with Crippen LogP contribution in [0.4, 0.5) is 10.1 Å². The Hall–Kier alpha value is -1.50. The van der Waals surface area contributed by atoms with Gasteiger partial charge in [0, 0.05) is 24.0 Å². The first-order chi connectivity index (χ1) is 9.04. The van der Waals surface area contributed by atoms with Crippen LogP contribution < -0.4 is 5.32 Å². The largest absolute Gasteiger partial charge is 0.308 e. The van der Waals surface area contributed by atoms with Crippen LogP contribution in [0.15, 0.2) is 30.3 Å². The lowest BCUT2D eigenvalue weighted by atomic mass is 10.2. The van der Waals surface area contributed by atoms with Crippen molar-refractivity contribution in [1.82, 2.24) is 5.32 Å². The first-order valence-corrected chi connectivity index (χ1v) is 6.63. The van der Waals surface area contributed by atoms with Crippen LogP contribution in [0, 0.1) is 15.9 Å². The van der Waals surface area contributed by atoms with Crippen LogP contribution in [-0.2, 0) is 13.1 Å². The number of nitro benzene ring substituents is 1. The second kappa shape index (κ2) is 6.10. The Labute approximate surface area is 118 Å². The summed E-state index contributed by atoms with van der Waals surface area (Å²) in [6.07, 6.45) is 0. The summed E-state index contributed by atoms with van der Waals surface area (Å²) >= 11 is 7.25. The van der Waals surface area contributed by atoms with Crippen molar-refractivity contribution in [1.29, 1.82) is 0 Å². The van der Waals surface area contributed by atoms with Gasteiger partial charge in [0.2, 0.25) is 0 Å². The van der Waals surface area contributed by atoms with Crippen molar-refractivity contribution in [3.05, 3.63) is 61.0 Å². The molecule has 19 heavy (non-hydrogen) atoms. The molecule has 0 amide bonds. The number of thiophene rings is 1. The van der Waals surface area contributed by atoms with Gasteiger partial charge in [0.15, 0.2) is 0 Å². The third kappa shape index (κ3) is 3.99. The van der Waals surface area contributed by atoms with Gasteiger partial charge in [0.1, 0.15) is 5.82 Å². The lowest BCUT2D eigenvalue weighted by Crippen LogP contribution is -2.12. The summed E-state index contributed by atoms with van der Waals surface area (Å²) in [5.74, 6) is -0.606. The van der Waals surface area contributed by atoms with Gasteiger partial charge in [-0.2, -0.15) is 0 Å². The summed E-state index contributed by atoms with van der Waals surface area (Å²) in [6.45, 7) is 0.940. The van der Waals surface area contributed by atoms with E-state index in [4.69, 9.17) is 11.6 Å². The number of nitrogens with one attached hydrogen (secondary N) is 1. The highest BCUT2D eigenvalue weighted by Gasteiger charge is 2.09. The van der Waals surface area contributed by atoms with Crippen molar-refractivity contribution in [2.75, 3.05) is 0 Å². The van der Waals surface area contributed by atoms with Crippen molar-refractivity contribution >= 4 is 28.6 Å². The molecule has 0 saturated heterocycles. The molecule has 0 aliphatic carbocycles. The fraction of sp³-hybridized carbons (Fsp3) is 0.167. The average molecular weight is 301 g/mol. The Kier molecular flexibility index (Phi) is 4.47. The summed E-state index contributed by atoms with van der Waals surface area (Å²) < 4.78 is 13.9. The van der Waals surface area contributed by atoms with Gasteiger partial charge in [-0.25, -0.2) is 4.39 Å². The van der Waals surface area contributed by atoms with E-state index in [0.717, 1.165) is 10.9 Å². The molecule has 4 nitrogen and oxygen atoms in total. The molecule has 1 aromatic carbocycles. The molecule has 100 valence electrons. The monoisotopic (exact) mass is 300 g/mol. The van der Waals surface area contributed by atoms with Gasteiger partial charge in [-0.3, -0.25) is 10.1 Å². The number of nitro groups is 1. The SMILES string of the molecule is O=[N+]([O-])c1cc(F)cc(CNCc2ccc(Cl)s2)c1. The molecule has 1 heterocycles. The number of halogens is 2. The summed E-state index contributed by atoms with van der Waals surface area (Å²) in [4.78, 5) is 11.1. The summed E-state index contributed by atoms with van der Waals surface area (Å²) in [7, 11) is 0. The summed E-state index contributed by atoms with van der Waals surface area (Å²) in [6, 6.07) is 7.24. The van der Waals surface area contributed by atoms with Crippen molar-refractivity contribution in [3.8, 4) is 0 Å². The number of hydrogen-bond donors (Lipinski definition) is 1. The molecule has 0 spiro atoms. The van der Waals surface area contributed by atoms with Gasteiger partial charge in [0.05, 0.1) is 15.3 Å². The molecular formula is C12H10ClFN2O2S. The Morgan fingerprint density at radius 3 is 2.74 bits per heavy atom. The van der Waals surface area contributed by atoms with Crippen LogP contribution in [0.3, 0.4) is 0 Å². The zero-order valence-corrected chi connectivity index (χ0v) is 11.3. The van der Waals surface area contributed by atoms with Gasteiger partial charge in [-0.1, -0.05) is 11.6 Å². The maximum atomic E-state index is 13.2. The predicted octanol–water partition coefficient (Wildman–Crippen LogP) is 3.74. The molecule has 0 fully saturated rings. The van der Waals surface area contributed by atoms with Crippen LogP contribution in [0.2, 0.25) is 4.34 Å². The van der Waals surface area contributed by atoms with E-state index in [-0.39, 0.29) is 5.69 Å². The number of hydrogen-bond acceptors (Lipinski definition) is 4. The van der Waals surface area contributed by atoms with Crippen LogP contribution in [-0.4, -0.2) is 4.92 Å². The highest BCUT2D eigenvalue weighted by atomic mass is 35.5. The Bertz CT molecular complexity index is 603. The first kappa shape index (κ1) is 13.9. The number of nitrogens with zero attached hydrogens (tertiary/aromatic N) is 1. The standard InChI is InChI=1S/C12H10ClFN2O2S/c13-12-2-1-11(19-12)7-15-6-8-3-9(14)5-10(4-8)16(17)18/h1-5,15H,6-7H2. The molecular weight excluding hydrogens is 291 g/mol. The molecule has 1 N–H and O–H groups in total. The van der Waals surface area contributed by atoms with E-state index >= 15 is 0 Å². The Balaban J connectivity index is 1.97. The predicted molar refractivity (Wildman–Crippen MR) is 72.9 cm³/mol. The van der Waals surface area contributed by atoms with Crippen molar-refractivity contribution < 1.29 is 9.31 Å². The van der Waals surface area contributed by atoms with Gasteiger partial charge in [-0.15, -0.1) is 11.3 Å². The molecule has 2 aromatic rings. The second-order valence-corrected chi connectivity index (χ2v) is 5.68. The molecule has 2 rings (SSSR count). The lowest BCUT2D eigenvalue weighted by molar-refractivity contribution is -0.385. The molecule has 0 aliphatic rings. The molecule has 7 heteroatoms. The highest BCUT2D eigenvalue weighted by Crippen LogP contribution is 2.21. The number of benzene rings is 1. The molecule has 0 unspecified atom stereocenters. The minimum atomic E-state index is -0.606. The fourth-order valence-electron chi connectivity index (χ4n) is 1.62. The van der Waals surface area contributed by atoms with E-state index in [1.807, 2.05) is 6.07 Å². The smallest absolute Gasteiger partial charge is 0.272 e. The van der Waals surface area contributed by atoms with E-state index in [0.29, 0.717) is 23.0 Å². The van der Waals surface area contributed by atoms with Gasteiger partial charge in [-0.05, 0) is 23.8 Å². The normalized spacial score (nSPS) is 10.6. The van der Waals surface area contributed by atoms with Gasteiger partial charge in [0.25, 0.3) is 5.69 Å². The van der Waals surface area contributed by atoms with Crippen molar-refractivity contribution in [3.63, 3.8) is 0 Å². The second-order valence-electron chi connectivity index (χ2n) is 3.88. The lowest BCUT2D eigenvalue weighted by Gasteiger charge is -2.04. The first-order valence-electron chi connectivity index (χ1n) is 5.43. The molecule has 0 radical (unpaired) electrons. The zero-order valence-electron chi connectivity index (χ0n) is 9.73. The van der Waals surface area contributed by atoms with E-state index in [2.05, 4.69) is 5.32 Å². The molecule has 0 saturated carbocycles. The number of rotatable bonds is 5. The van der Waals surface area contributed by atoms with Crippen molar-refractivity contribution in [2.45, 2.75) is 13.1 Å². The molecule has 0 bridgehead atoms. The van der Waals surface area contributed by atoms with Crippen LogP contribution in [0.5, 0.6) is 0 Å². The highest BCUT2D eigenvalue weighted by molar-refractivity contribution is 7.16. The fourth-order valence-corrected chi connectivity index (χ4v) is 2.67. The van der Waals surface area contributed by atoms with E-state index < -0.39 is 10.7 Å². The van der Waals surface area contributed by atoms with E-state index in [9.17, 15) is 14.5 Å². The van der Waals surface area contributed by atoms with Gasteiger partial charge >= 0.3 is 0 Å². The van der Waals surface area contributed by atoms with E-state index in [1.54, 1.807) is 6.07 Å². The molecule has 0 atom stereocenters. The molecule has 0 aliphatic heterocycles. The van der Waals surface area contributed by atoms with Gasteiger partial charge < -0.3 is 5.32 Å². The zero-order chi connectivity index (χ0) is 13.8. The third-order valence-corrected chi connectivity index (χ3v) is 3.64. The van der Waals surface area contributed by atoms with Crippen molar-refractivity contribution in [2.24, 2.45) is 0 Å². The Morgan fingerprint density at radius 2 is 2.11 bits per heavy atom. The summed E-state index contributed by atoms with van der Waals surface area (Å²) in [5, 5.41) is 13.7. The quantitative estimate of drug-likeness (QED) is 0.676.